The number of nitrogens with zero attached hydrogens (tertiary/aromatic N) is 2. The Morgan fingerprint density at radius 3 is 2.59 bits per heavy atom. The molecule has 0 bridgehead atoms. The number of hydrogen-bond donors (Lipinski definition) is 1. The lowest BCUT2D eigenvalue weighted by molar-refractivity contribution is 0.0741. The molecule has 0 unspecified atom stereocenters. The van der Waals surface area contributed by atoms with Crippen molar-refractivity contribution in [3.8, 4) is 27.7 Å². The lowest BCUT2D eigenvalue weighted by atomic mass is 10.1. The van der Waals surface area contributed by atoms with Gasteiger partial charge in [0.15, 0.2) is 5.82 Å². The summed E-state index contributed by atoms with van der Waals surface area (Å²) >= 11 is 4.38. The van der Waals surface area contributed by atoms with Gasteiger partial charge in [0.25, 0.3) is 0 Å². The molecule has 0 aliphatic rings. The highest BCUT2D eigenvalue weighted by molar-refractivity contribution is 7.21. The summed E-state index contributed by atoms with van der Waals surface area (Å²) in [4.78, 5) is 24.2. The predicted octanol–water partition coefficient (Wildman–Crippen LogP) is 5.95. The van der Waals surface area contributed by atoms with E-state index in [1.165, 1.54) is 11.3 Å². The molecule has 0 fully saturated rings. The third kappa shape index (κ3) is 3.31. The zero-order valence-electron chi connectivity index (χ0n) is 14.9. The summed E-state index contributed by atoms with van der Waals surface area (Å²) < 4.78 is 5.49. The van der Waals surface area contributed by atoms with Crippen molar-refractivity contribution in [2.45, 2.75) is 0 Å². The molecule has 4 heterocycles. The van der Waals surface area contributed by atoms with E-state index in [0.717, 1.165) is 16.1 Å². The molecule has 0 spiro atoms. The SMILES string of the molecule is Nc1c(C(=O)Oc2ccccc2)sc2nc(-c3cccs3)nc(-c3ccsc3)c12. The topological polar surface area (TPSA) is 78.1 Å². The molecular weight excluding hydrogens is 422 g/mol. The van der Waals surface area contributed by atoms with Crippen molar-refractivity contribution in [2.75, 3.05) is 5.73 Å². The minimum Gasteiger partial charge on any atom is -0.422 e. The van der Waals surface area contributed by atoms with Crippen molar-refractivity contribution in [3.63, 3.8) is 0 Å². The first kappa shape index (κ1) is 18.0. The van der Waals surface area contributed by atoms with Crippen molar-refractivity contribution in [3.05, 3.63) is 69.5 Å². The zero-order chi connectivity index (χ0) is 19.8. The Balaban J connectivity index is 1.67. The number of fused-ring (bicyclic) bond motifs is 1. The Kier molecular flexibility index (Phi) is 4.59. The van der Waals surface area contributed by atoms with Crippen LogP contribution in [0.2, 0.25) is 0 Å². The number of benzene rings is 1. The van der Waals surface area contributed by atoms with E-state index in [4.69, 9.17) is 20.4 Å². The molecule has 0 saturated carbocycles. The molecular formula is C21H13N3O2S3. The van der Waals surface area contributed by atoms with E-state index < -0.39 is 5.97 Å². The standard InChI is InChI=1S/C21H13N3O2S3/c22-16-15-17(12-8-10-27-11-12)23-19(14-7-4-9-28-14)24-20(15)29-18(16)21(25)26-13-5-2-1-3-6-13/h1-11H,22H2. The smallest absolute Gasteiger partial charge is 0.355 e. The normalized spacial score (nSPS) is 11.0. The fraction of sp³-hybridized carbons (Fsp3) is 0. The van der Waals surface area contributed by atoms with Crippen molar-refractivity contribution >= 4 is 55.9 Å². The van der Waals surface area contributed by atoms with Gasteiger partial charge in [-0.15, -0.1) is 22.7 Å². The van der Waals surface area contributed by atoms with Gasteiger partial charge in [0, 0.05) is 10.9 Å². The first-order chi connectivity index (χ1) is 14.2. The summed E-state index contributed by atoms with van der Waals surface area (Å²) in [5, 5.41) is 6.67. The van der Waals surface area contributed by atoms with Crippen LogP contribution in [0.3, 0.4) is 0 Å². The van der Waals surface area contributed by atoms with E-state index in [2.05, 4.69) is 0 Å². The van der Waals surface area contributed by atoms with Crippen molar-refractivity contribution in [1.29, 1.82) is 0 Å². The molecule has 8 heteroatoms. The summed E-state index contributed by atoms with van der Waals surface area (Å²) in [5.74, 6) is 0.598. The van der Waals surface area contributed by atoms with E-state index in [1.54, 1.807) is 34.8 Å². The highest BCUT2D eigenvalue weighted by Gasteiger charge is 2.24. The number of nitrogen functional groups attached to an aromatic ring is 1. The summed E-state index contributed by atoms with van der Waals surface area (Å²) in [7, 11) is 0. The molecule has 1 aromatic carbocycles. The number of ether oxygens (including phenoxy) is 1. The van der Waals surface area contributed by atoms with Gasteiger partial charge >= 0.3 is 5.97 Å². The number of thiophene rings is 3. The van der Waals surface area contributed by atoms with Gasteiger partial charge < -0.3 is 10.5 Å². The quantitative estimate of drug-likeness (QED) is 0.279. The molecule has 142 valence electrons. The summed E-state index contributed by atoms with van der Waals surface area (Å²) in [6.07, 6.45) is 0. The molecule has 0 aliphatic carbocycles. The van der Waals surface area contributed by atoms with Crippen LogP contribution in [-0.4, -0.2) is 15.9 Å². The number of carbonyl (C=O) groups excluding carboxylic acids is 1. The molecule has 0 saturated heterocycles. The van der Waals surface area contributed by atoms with Crippen LogP contribution in [0.4, 0.5) is 5.69 Å². The van der Waals surface area contributed by atoms with Gasteiger partial charge in [-0.25, -0.2) is 14.8 Å². The Labute approximate surface area is 178 Å². The van der Waals surface area contributed by atoms with Crippen molar-refractivity contribution in [2.24, 2.45) is 0 Å². The molecule has 2 N–H and O–H groups in total. The number of anilines is 1. The number of carbonyl (C=O) groups is 1. The first-order valence-corrected chi connectivity index (χ1v) is 11.3. The summed E-state index contributed by atoms with van der Waals surface area (Å²) in [5.41, 5.74) is 8.44. The number of para-hydroxylation sites is 1. The monoisotopic (exact) mass is 435 g/mol. The number of aromatic nitrogens is 2. The van der Waals surface area contributed by atoms with Crippen LogP contribution < -0.4 is 10.5 Å². The Morgan fingerprint density at radius 2 is 1.86 bits per heavy atom. The van der Waals surface area contributed by atoms with E-state index in [0.29, 0.717) is 32.4 Å². The fourth-order valence-corrected chi connectivity index (χ4v) is 5.21. The van der Waals surface area contributed by atoms with Gasteiger partial charge in [-0.3, -0.25) is 0 Å². The average Bonchev–Trinajstić information content (AvgIpc) is 3.50. The van der Waals surface area contributed by atoms with Crippen LogP contribution in [-0.2, 0) is 0 Å². The van der Waals surface area contributed by atoms with Crippen LogP contribution >= 0.6 is 34.0 Å². The Morgan fingerprint density at radius 1 is 1.00 bits per heavy atom. The van der Waals surface area contributed by atoms with Gasteiger partial charge in [0.1, 0.15) is 15.5 Å². The highest BCUT2D eigenvalue weighted by atomic mass is 32.1. The minimum atomic E-state index is -0.495. The molecule has 0 radical (unpaired) electrons. The predicted molar refractivity (Wildman–Crippen MR) is 120 cm³/mol. The third-order valence-corrected chi connectivity index (χ3v) is 6.89. The van der Waals surface area contributed by atoms with Gasteiger partial charge in [0.2, 0.25) is 0 Å². The minimum absolute atomic E-state index is 0.331. The maximum absolute atomic E-state index is 12.8. The van der Waals surface area contributed by atoms with E-state index >= 15 is 0 Å². The Hall–Kier alpha value is -3.07. The van der Waals surface area contributed by atoms with Crippen molar-refractivity contribution in [1.82, 2.24) is 9.97 Å². The molecule has 29 heavy (non-hydrogen) atoms. The van der Waals surface area contributed by atoms with Gasteiger partial charge in [0.05, 0.1) is 21.6 Å². The van der Waals surface area contributed by atoms with Gasteiger partial charge in [-0.05, 0) is 35.0 Å². The number of nitrogens with two attached hydrogens (primary N) is 1. The van der Waals surface area contributed by atoms with Crippen LogP contribution in [0, 0.1) is 0 Å². The molecule has 5 aromatic rings. The maximum Gasteiger partial charge on any atom is 0.355 e. The average molecular weight is 436 g/mol. The lowest BCUT2D eigenvalue weighted by Crippen LogP contribution is -2.08. The number of hydrogen-bond acceptors (Lipinski definition) is 8. The molecule has 0 amide bonds. The van der Waals surface area contributed by atoms with Crippen LogP contribution in [0.5, 0.6) is 5.75 Å². The molecule has 5 rings (SSSR count). The fourth-order valence-electron chi connectivity index (χ4n) is 2.94. The Bertz CT molecular complexity index is 1290. The van der Waals surface area contributed by atoms with Crippen LogP contribution in [0.25, 0.3) is 32.2 Å². The molecule has 4 aromatic heterocycles. The maximum atomic E-state index is 12.8. The van der Waals surface area contributed by atoms with Gasteiger partial charge in [-0.2, -0.15) is 11.3 Å². The zero-order valence-corrected chi connectivity index (χ0v) is 17.3. The number of esters is 1. The summed E-state index contributed by atoms with van der Waals surface area (Å²) in [6, 6.07) is 14.9. The van der Waals surface area contributed by atoms with E-state index in [1.807, 2.05) is 52.5 Å². The van der Waals surface area contributed by atoms with Gasteiger partial charge in [-0.1, -0.05) is 24.3 Å². The highest BCUT2D eigenvalue weighted by Crippen LogP contribution is 2.40. The second kappa shape index (κ2) is 7.40. The first-order valence-electron chi connectivity index (χ1n) is 8.64. The molecule has 0 atom stereocenters. The third-order valence-electron chi connectivity index (χ3n) is 4.26. The summed E-state index contributed by atoms with van der Waals surface area (Å²) in [6.45, 7) is 0. The van der Waals surface area contributed by atoms with Crippen molar-refractivity contribution < 1.29 is 9.53 Å². The largest absolute Gasteiger partial charge is 0.422 e. The van der Waals surface area contributed by atoms with E-state index in [-0.39, 0.29) is 0 Å². The second-order valence-corrected chi connectivity index (χ2v) is 8.84. The van der Waals surface area contributed by atoms with Crippen LogP contribution in [0.15, 0.2) is 64.7 Å². The lowest BCUT2D eigenvalue weighted by Gasteiger charge is -2.05. The molecule has 5 nitrogen and oxygen atoms in total. The van der Waals surface area contributed by atoms with Crippen LogP contribution in [0.1, 0.15) is 9.67 Å². The second-order valence-electron chi connectivity index (χ2n) is 6.11. The molecule has 0 aliphatic heterocycles. The van der Waals surface area contributed by atoms with E-state index in [9.17, 15) is 4.79 Å². The number of rotatable bonds is 4.